The van der Waals surface area contributed by atoms with E-state index >= 15 is 0 Å². The van der Waals surface area contributed by atoms with Crippen molar-refractivity contribution in [3.63, 3.8) is 0 Å². The molecule has 0 spiro atoms. The third-order valence-corrected chi connectivity index (χ3v) is 3.58. The predicted molar refractivity (Wildman–Crippen MR) is 59.3 cm³/mol. The van der Waals surface area contributed by atoms with E-state index in [0.29, 0.717) is 12.3 Å². The van der Waals surface area contributed by atoms with Crippen LogP contribution in [0.25, 0.3) is 0 Å². The van der Waals surface area contributed by atoms with Gasteiger partial charge in [-0.1, -0.05) is 0 Å². The second-order valence-electron chi connectivity index (χ2n) is 4.84. The maximum Gasteiger partial charge on any atom is 0.111 e. The Morgan fingerprint density at radius 2 is 2.38 bits per heavy atom. The molecule has 1 fully saturated rings. The molecule has 4 heteroatoms. The van der Waals surface area contributed by atoms with Crippen LogP contribution in [0.1, 0.15) is 36.7 Å². The van der Waals surface area contributed by atoms with Gasteiger partial charge in [-0.05, 0) is 19.3 Å². The second kappa shape index (κ2) is 4.18. The number of aromatic nitrogens is 2. The van der Waals surface area contributed by atoms with Crippen LogP contribution in [0.3, 0.4) is 0 Å². The van der Waals surface area contributed by atoms with Gasteiger partial charge >= 0.3 is 0 Å². The number of ether oxygens (including phenoxy) is 1. The van der Waals surface area contributed by atoms with Gasteiger partial charge in [-0.25, -0.2) is 4.98 Å². The minimum atomic E-state index is -0.203. The average molecular weight is 222 g/mol. The summed E-state index contributed by atoms with van der Waals surface area (Å²) in [5, 5.41) is 9.60. The lowest BCUT2D eigenvalue weighted by Gasteiger charge is -2.19. The summed E-state index contributed by atoms with van der Waals surface area (Å²) in [4.78, 5) is 4.65. The van der Waals surface area contributed by atoms with E-state index in [9.17, 15) is 5.11 Å². The fourth-order valence-electron chi connectivity index (χ4n) is 2.60. The molecule has 2 aliphatic rings. The number of aliphatic hydroxyl groups excluding tert-OH is 1. The second-order valence-corrected chi connectivity index (χ2v) is 4.84. The predicted octanol–water partition coefficient (Wildman–Crippen LogP) is 1.08. The molecule has 3 rings (SSSR count). The summed E-state index contributed by atoms with van der Waals surface area (Å²) in [6.07, 6.45) is 5.82. The molecular formula is C12H18N2O2. The van der Waals surface area contributed by atoms with Crippen molar-refractivity contribution in [3.05, 3.63) is 17.7 Å². The number of hydrogen-bond donors (Lipinski definition) is 1. The molecule has 1 aromatic heterocycles. The number of rotatable bonds is 1. The molecule has 0 amide bonds. The Kier molecular flexibility index (Phi) is 2.69. The van der Waals surface area contributed by atoms with Crippen molar-refractivity contribution in [1.29, 1.82) is 0 Å². The van der Waals surface area contributed by atoms with E-state index in [4.69, 9.17) is 4.74 Å². The van der Waals surface area contributed by atoms with Gasteiger partial charge < -0.3 is 14.4 Å². The van der Waals surface area contributed by atoms with Gasteiger partial charge in [-0.15, -0.1) is 0 Å². The Bertz CT molecular complexity index is 369. The zero-order valence-corrected chi connectivity index (χ0v) is 9.43. The fourth-order valence-corrected chi connectivity index (χ4v) is 2.60. The third-order valence-electron chi connectivity index (χ3n) is 3.58. The van der Waals surface area contributed by atoms with Crippen LogP contribution in [-0.4, -0.2) is 34.0 Å². The summed E-state index contributed by atoms with van der Waals surface area (Å²) in [7, 11) is 0. The van der Waals surface area contributed by atoms with Crippen molar-refractivity contribution in [3.8, 4) is 0 Å². The van der Waals surface area contributed by atoms with E-state index in [-0.39, 0.29) is 6.10 Å². The first-order valence-electron chi connectivity index (χ1n) is 6.14. The largest absolute Gasteiger partial charge is 0.393 e. The van der Waals surface area contributed by atoms with Crippen molar-refractivity contribution in [2.75, 3.05) is 13.2 Å². The summed E-state index contributed by atoms with van der Waals surface area (Å²) in [5.41, 5.74) is 1.16. The van der Waals surface area contributed by atoms with Crippen LogP contribution in [-0.2, 0) is 17.7 Å². The molecule has 0 aliphatic carbocycles. The van der Waals surface area contributed by atoms with E-state index < -0.39 is 0 Å². The topological polar surface area (TPSA) is 47.3 Å². The summed E-state index contributed by atoms with van der Waals surface area (Å²) in [5.74, 6) is 1.50. The van der Waals surface area contributed by atoms with E-state index in [0.717, 1.165) is 44.1 Å². The zero-order valence-electron chi connectivity index (χ0n) is 9.43. The Balaban J connectivity index is 1.80. The minimum Gasteiger partial charge on any atom is -0.393 e. The number of imidazole rings is 1. The van der Waals surface area contributed by atoms with Crippen LogP contribution in [0.5, 0.6) is 0 Å². The number of nitrogens with zero attached hydrogens (tertiary/aromatic N) is 2. The molecule has 0 bridgehead atoms. The van der Waals surface area contributed by atoms with Crippen LogP contribution in [0.2, 0.25) is 0 Å². The molecule has 88 valence electrons. The molecule has 2 aliphatic heterocycles. The van der Waals surface area contributed by atoms with E-state index in [2.05, 4.69) is 15.7 Å². The van der Waals surface area contributed by atoms with E-state index in [1.54, 1.807) is 0 Å². The summed E-state index contributed by atoms with van der Waals surface area (Å²) in [6, 6.07) is 0. The smallest absolute Gasteiger partial charge is 0.111 e. The Hall–Kier alpha value is -0.870. The van der Waals surface area contributed by atoms with Crippen LogP contribution >= 0.6 is 0 Å². The average Bonchev–Trinajstić information content (AvgIpc) is 2.73. The van der Waals surface area contributed by atoms with Gasteiger partial charge in [0.15, 0.2) is 0 Å². The van der Waals surface area contributed by atoms with Gasteiger partial charge in [0.05, 0.1) is 18.4 Å². The lowest BCUT2D eigenvalue weighted by atomic mass is 9.99. The summed E-state index contributed by atoms with van der Waals surface area (Å²) < 4.78 is 7.68. The number of aliphatic hydroxyl groups is 1. The van der Waals surface area contributed by atoms with E-state index in [1.807, 2.05) is 0 Å². The Morgan fingerprint density at radius 3 is 3.19 bits per heavy atom. The van der Waals surface area contributed by atoms with Gasteiger partial charge in [0.1, 0.15) is 5.82 Å². The highest BCUT2D eigenvalue weighted by molar-refractivity contribution is 5.12. The van der Waals surface area contributed by atoms with Gasteiger partial charge in [0, 0.05) is 31.7 Å². The number of aryl methyl sites for hydroxylation is 1. The maximum absolute atomic E-state index is 9.60. The molecule has 3 heterocycles. The molecule has 1 saturated heterocycles. The number of hydrogen-bond acceptors (Lipinski definition) is 3. The fraction of sp³-hybridized carbons (Fsp3) is 0.750. The minimum absolute atomic E-state index is 0.203. The Labute approximate surface area is 95.3 Å². The molecule has 0 saturated carbocycles. The molecule has 16 heavy (non-hydrogen) atoms. The monoisotopic (exact) mass is 222 g/mol. The highest BCUT2D eigenvalue weighted by atomic mass is 16.5. The zero-order chi connectivity index (χ0) is 11.0. The quantitative estimate of drug-likeness (QED) is 0.773. The number of fused-ring (bicyclic) bond motifs is 1. The van der Waals surface area contributed by atoms with Crippen LogP contribution in [0.4, 0.5) is 0 Å². The van der Waals surface area contributed by atoms with Gasteiger partial charge in [0.25, 0.3) is 0 Å². The lowest BCUT2D eigenvalue weighted by Crippen LogP contribution is -2.22. The first kappa shape index (κ1) is 10.3. The Morgan fingerprint density at radius 1 is 1.44 bits per heavy atom. The van der Waals surface area contributed by atoms with Crippen LogP contribution in [0, 0.1) is 0 Å². The SMILES string of the molecule is OC1CCn2cc(C3CCCOC3)nc2C1. The maximum atomic E-state index is 9.60. The summed E-state index contributed by atoms with van der Waals surface area (Å²) in [6.45, 7) is 2.60. The van der Waals surface area contributed by atoms with Gasteiger partial charge in [0.2, 0.25) is 0 Å². The molecule has 1 aromatic rings. The van der Waals surface area contributed by atoms with Crippen LogP contribution < -0.4 is 0 Å². The van der Waals surface area contributed by atoms with Crippen molar-refractivity contribution in [2.45, 2.75) is 44.2 Å². The molecule has 4 nitrogen and oxygen atoms in total. The van der Waals surface area contributed by atoms with Crippen molar-refractivity contribution >= 4 is 0 Å². The highest BCUT2D eigenvalue weighted by Crippen LogP contribution is 2.26. The first-order valence-corrected chi connectivity index (χ1v) is 6.14. The van der Waals surface area contributed by atoms with Crippen molar-refractivity contribution in [2.24, 2.45) is 0 Å². The van der Waals surface area contributed by atoms with Crippen LogP contribution in [0.15, 0.2) is 6.20 Å². The normalized spacial score (nSPS) is 30.1. The first-order chi connectivity index (χ1) is 7.83. The molecule has 2 atom stereocenters. The molecule has 1 N–H and O–H groups in total. The van der Waals surface area contributed by atoms with Crippen molar-refractivity contribution in [1.82, 2.24) is 9.55 Å². The van der Waals surface area contributed by atoms with E-state index in [1.165, 1.54) is 6.42 Å². The van der Waals surface area contributed by atoms with Gasteiger partial charge in [-0.3, -0.25) is 0 Å². The molecule has 0 radical (unpaired) electrons. The summed E-state index contributed by atoms with van der Waals surface area (Å²) >= 11 is 0. The molecule has 2 unspecified atom stereocenters. The van der Waals surface area contributed by atoms with Gasteiger partial charge in [-0.2, -0.15) is 0 Å². The lowest BCUT2D eigenvalue weighted by molar-refractivity contribution is 0.0794. The van der Waals surface area contributed by atoms with Crippen molar-refractivity contribution < 1.29 is 9.84 Å². The third kappa shape index (κ3) is 1.87. The highest BCUT2D eigenvalue weighted by Gasteiger charge is 2.23. The standard InChI is InChI=1S/C12H18N2O2/c15-10-3-4-14-7-11(13-12(14)6-10)9-2-1-5-16-8-9/h7,9-10,15H,1-6,8H2. The molecular weight excluding hydrogens is 204 g/mol. The molecule has 0 aromatic carbocycles.